The lowest BCUT2D eigenvalue weighted by atomic mass is 10.0. The van der Waals surface area contributed by atoms with E-state index in [2.05, 4.69) is 15.7 Å². The van der Waals surface area contributed by atoms with Gasteiger partial charge in [0.25, 0.3) is 0 Å². The third-order valence-electron chi connectivity index (χ3n) is 4.20. The van der Waals surface area contributed by atoms with Gasteiger partial charge in [-0.3, -0.25) is 0 Å². The van der Waals surface area contributed by atoms with Gasteiger partial charge in [-0.15, -0.1) is 0 Å². The van der Waals surface area contributed by atoms with Gasteiger partial charge in [0.2, 0.25) is 0 Å². The smallest absolute Gasteiger partial charge is 0.315 e. The van der Waals surface area contributed by atoms with Crippen molar-refractivity contribution in [1.29, 1.82) is 0 Å². The number of nitrogens with one attached hydrogen (secondary N) is 2. The minimum atomic E-state index is -0.286. The second-order valence-corrected chi connectivity index (χ2v) is 5.97. The van der Waals surface area contributed by atoms with Crippen LogP contribution in [0.3, 0.4) is 0 Å². The molecule has 1 aliphatic rings. The van der Waals surface area contributed by atoms with Crippen LogP contribution in [0.15, 0.2) is 36.5 Å². The number of carbonyl (C=O) groups is 1. The number of ether oxygens (including phenoxy) is 1. The topological polar surface area (TPSA) is 68.2 Å². The van der Waals surface area contributed by atoms with Crippen molar-refractivity contribution in [2.24, 2.45) is 5.92 Å². The van der Waals surface area contributed by atoms with Crippen LogP contribution >= 0.6 is 0 Å². The third-order valence-corrected chi connectivity index (χ3v) is 4.20. The molecular weight excluding hydrogens is 311 g/mol. The molecule has 0 radical (unpaired) electrons. The van der Waals surface area contributed by atoms with E-state index in [9.17, 15) is 9.18 Å². The van der Waals surface area contributed by atoms with Crippen molar-refractivity contribution in [3.8, 4) is 5.69 Å². The van der Waals surface area contributed by atoms with Crippen molar-refractivity contribution >= 4 is 6.03 Å². The highest BCUT2D eigenvalue weighted by Gasteiger charge is 2.23. The second kappa shape index (κ2) is 7.44. The highest BCUT2D eigenvalue weighted by molar-refractivity contribution is 5.74. The zero-order valence-corrected chi connectivity index (χ0v) is 13.5. The molecule has 3 rings (SSSR count). The van der Waals surface area contributed by atoms with Gasteiger partial charge in [-0.25, -0.2) is 13.9 Å². The van der Waals surface area contributed by atoms with Crippen LogP contribution in [-0.2, 0) is 11.3 Å². The summed E-state index contributed by atoms with van der Waals surface area (Å²) in [5.74, 6) is 0.0830. The number of hydrogen-bond acceptors (Lipinski definition) is 3. The van der Waals surface area contributed by atoms with Gasteiger partial charge in [0, 0.05) is 24.8 Å². The predicted octanol–water partition coefficient (Wildman–Crippen LogP) is 2.24. The number of benzene rings is 1. The average Bonchev–Trinajstić information content (AvgIpc) is 3.25. The van der Waals surface area contributed by atoms with Gasteiger partial charge in [-0.1, -0.05) is 0 Å². The summed E-state index contributed by atoms with van der Waals surface area (Å²) in [5.41, 5.74) is 1.49. The number of carbonyl (C=O) groups excluding carboxylic acids is 1. The molecule has 7 heteroatoms. The molecule has 6 nitrogen and oxygen atoms in total. The van der Waals surface area contributed by atoms with Gasteiger partial charge >= 0.3 is 6.03 Å². The Bertz CT molecular complexity index is 680. The van der Waals surface area contributed by atoms with Crippen molar-refractivity contribution in [2.75, 3.05) is 13.2 Å². The summed E-state index contributed by atoms with van der Waals surface area (Å²) in [4.78, 5) is 12.0. The zero-order chi connectivity index (χ0) is 16.9. The van der Waals surface area contributed by atoms with Gasteiger partial charge in [0.05, 0.1) is 24.5 Å². The number of urea groups is 1. The highest BCUT2D eigenvalue weighted by Crippen LogP contribution is 2.16. The quantitative estimate of drug-likeness (QED) is 0.882. The lowest BCUT2D eigenvalue weighted by Crippen LogP contribution is -2.44. The summed E-state index contributed by atoms with van der Waals surface area (Å²) in [7, 11) is 0. The fourth-order valence-electron chi connectivity index (χ4n) is 2.69. The van der Waals surface area contributed by atoms with Gasteiger partial charge in [-0.2, -0.15) is 5.10 Å². The van der Waals surface area contributed by atoms with Gasteiger partial charge in [0.1, 0.15) is 5.82 Å². The Morgan fingerprint density at radius 3 is 2.92 bits per heavy atom. The van der Waals surface area contributed by atoms with E-state index in [4.69, 9.17) is 4.74 Å². The van der Waals surface area contributed by atoms with Crippen molar-refractivity contribution in [2.45, 2.75) is 25.9 Å². The molecule has 2 heterocycles. The summed E-state index contributed by atoms with van der Waals surface area (Å²) in [5, 5.41) is 10.1. The lowest BCUT2D eigenvalue weighted by molar-refractivity contribution is 0.178. The lowest BCUT2D eigenvalue weighted by Gasteiger charge is -2.19. The number of nitrogens with zero attached hydrogens (tertiary/aromatic N) is 2. The minimum Gasteiger partial charge on any atom is -0.381 e. The Morgan fingerprint density at radius 1 is 1.42 bits per heavy atom. The Kier molecular flexibility index (Phi) is 5.10. The van der Waals surface area contributed by atoms with Gasteiger partial charge in [0.15, 0.2) is 0 Å². The average molecular weight is 332 g/mol. The molecule has 1 aliphatic heterocycles. The first-order valence-corrected chi connectivity index (χ1v) is 8.04. The van der Waals surface area contributed by atoms with Crippen LogP contribution in [0.2, 0.25) is 0 Å². The standard InChI is InChI=1S/C17H21FN4O2/c1-12(13-7-9-24-11-13)20-17(23)19-10-15-6-8-22(21-15)16-4-2-14(18)3-5-16/h2-6,8,12-13H,7,9-11H2,1H3,(H2,19,20,23)/t12-,13-/m0/s1. The van der Waals surface area contributed by atoms with E-state index in [1.54, 1.807) is 23.0 Å². The van der Waals surface area contributed by atoms with Crippen LogP contribution in [0.4, 0.5) is 9.18 Å². The van der Waals surface area contributed by atoms with E-state index in [-0.39, 0.29) is 17.9 Å². The first-order valence-electron chi connectivity index (χ1n) is 8.04. The Hall–Kier alpha value is -2.41. The Labute approximate surface area is 140 Å². The number of aromatic nitrogens is 2. The largest absolute Gasteiger partial charge is 0.381 e. The van der Waals surface area contributed by atoms with Crippen LogP contribution in [0, 0.1) is 11.7 Å². The maximum absolute atomic E-state index is 12.9. The molecule has 2 atom stereocenters. The van der Waals surface area contributed by atoms with E-state index >= 15 is 0 Å². The molecule has 2 aromatic rings. The van der Waals surface area contributed by atoms with E-state index < -0.39 is 0 Å². The summed E-state index contributed by atoms with van der Waals surface area (Å²) in [6.45, 7) is 3.78. The fraction of sp³-hybridized carbons (Fsp3) is 0.412. The Morgan fingerprint density at radius 2 is 2.21 bits per heavy atom. The molecule has 0 unspecified atom stereocenters. The van der Waals surface area contributed by atoms with Gasteiger partial charge < -0.3 is 15.4 Å². The zero-order valence-electron chi connectivity index (χ0n) is 13.5. The molecule has 0 spiro atoms. The van der Waals surface area contributed by atoms with Crippen molar-refractivity contribution in [1.82, 2.24) is 20.4 Å². The number of rotatable bonds is 5. The maximum Gasteiger partial charge on any atom is 0.315 e. The molecular formula is C17H21FN4O2. The van der Waals surface area contributed by atoms with Crippen LogP contribution in [-0.4, -0.2) is 35.1 Å². The number of amides is 2. The highest BCUT2D eigenvalue weighted by atomic mass is 19.1. The van der Waals surface area contributed by atoms with Crippen LogP contribution < -0.4 is 10.6 Å². The number of halogens is 1. The van der Waals surface area contributed by atoms with Crippen LogP contribution in [0.25, 0.3) is 5.69 Å². The first-order chi connectivity index (χ1) is 11.6. The first kappa shape index (κ1) is 16.4. The van der Waals surface area contributed by atoms with E-state index in [0.29, 0.717) is 19.1 Å². The molecule has 1 aromatic heterocycles. The molecule has 1 aromatic carbocycles. The molecule has 0 saturated carbocycles. The molecule has 0 bridgehead atoms. The SMILES string of the molecule is C[C@H](NC(=O)NCc1ccn(-c2ccc(F)cc2)n1)[C@H]1CCOC1. The van der Waals surface area contributed by atoms with Crippen molar-refractivity contribution in [3.05, 3.63) is 48.0 Å². The third kappa shape index (κ3) is 4.11. The monoisotopic (exact) mass is 332 g/mol. The molecule has 0 aliphatic carbocycles. The van der Waals surface area contributed by atoms with E-state index in [1.807, 2.05) is 13.0 Å². The normalized spacial score (nSPS) is 18.3. The van der Waals surface area contributed by atoms with Gasteiger partial charge in [-0.05, 0) is 43.7 Å². The minimum absolute atomic E-state index is 0.0734. The molecule has 1 fully saturated rings. The fourth-order valence-corrected chi connectivity index (χ4v) is 2.69. The molecule has 1 saturated heterocycles. The summed E-state index contributed by atoms with van der Waals surface area (Å²) < 4.78 is 19.9. The predicted molar refractivity (Wildman–Crippen MR) is 87.3 cm³/mol. The maximum atomic E-state index is 12.9. The van der Waals surface area contributed by atoms with Crippen LogP contribution in [0.1, 0.15) is 19.0 Å². The second-order valence-electron chi connectivity index (χ2n) is 5.97. The molecule has 128 valence electrons. The summed E-state index contributed by atoms with van der Waals surface area (Å²) in [6.07, 6.45) is 2.75. The Balaban J connectivity index is 1.49. The van der Waals surface area contributed by atoms with E-state index in [0.717, 1.165) is 24.4 Å². The number of hydrogen-bond donors (Lipinski definition) is 2. The van der Waals surface area contributed by atoms with E-state index in [1.165, 1.54) is 12.1 Å². The van der Waals surface area contributed by atoms with Crippen LogP contribution in [0.5, 0.6) is 0 Å². The van der Waals surface area contributed by atoms with Crippen molar-refractivity contribution < 1.29 is 13.9 Å². The van der Waals surface area contributed by atoms with Crippen molar-refractivity contribution in [3.63, 3.8) is 0 Å². The summed E-state index contributed by atoms with van der Waals surface area (Å²) in [6, 6.07) is 7.75. The summed E-state index contributed by atoms with van der Waals surface area (Å²) >= 11 is 0. The molecule has 2 amide bonds. The molecule has 24 heavy (non-hydrogen) atoms. The molecule has 2 N–H and O–H groups in total.